The SMILES string of the molecule is Nc1ccccc1N/C(=C\C(=O)c1ccccc1)C(=O)O. The van der Waals surface area contributed by atoms with Gasteiger partial charge in [-0.1, -0.05) is 42.5 Å². The zero-order chi connectivity index (χ0) is 15.2. The highest BCUT2D eigenvalue weighted by atomic mass is 16.4. The third-order valence-corrected chi connectivity index (χ3v) is 2.79. The zero-order valence-corrected chi connectivity index (χ0v) is 11.1. The summed E-state index contributed by atoms with van der Waals surface area (Å²) in [7, 11) is 0. The van der Waals surface area contributed by atoms with Crippen LogP contribution in [0.1, 0.15) is 10.4 Å². The summed E-state index contributed by atoms with van der Waals surface area (Å²) in [5, 5.41) is 11.9. The van der Waals surface area contributed by atoms with Crippen LogP contribution in [0.2, 0.25) is 0 Å². The van der Waals surface area contributed by atoms with Crippen molar-refractivity contribution in [2.75, 3.05) is 11.1 Å². The van der Waals surface area contributed by atoms with Gasteiger partial charge in [-0.3, -0.25) is 4.79 Å². The summed E-state index contributed by atoms with van der Waals surface area (Å²) in [4.78, 5) is 23.3. The number of carbonyl (C=O) groups excluding carboxylic acids is 1. The number of benzene rings is 2. The first kappa shape index (κ1) is 14.3. The van der Waals surface area contributed by atoms with Crippen LogP contribution in [-0.4, -0.2) is 16.9 Å². The average Bonchev–Trinajstić information content (AvgIpc) is 2.49. The van der Waals surface area contributed by atoms with Gasteiger partial charge in [0, 0.05) is 11.6 Å². The van der Waals surface area contributed by atoms with E-state index in [2.05, 4.69) is 5.32 Å². The monoisotopic (exact) mass is 282 g/mol. The van der Waals surface area contributed by atoms with Crippen molar-refractivity contribution >= 4 is 23.1 Å². The Hall–Kier alpha value is -3.08. The van der Waals surface area contributed by atoms with E-state index in [1.807, 2.05) is 0 Å². The summed E-state index contributed by atoms with van der Waals surface area (Å²) in [6, 6.07) is 15.2. The molecule has 5 heteroatoms. The van der Waals surface area contributed by atoms with Crippen molar-refractivity contribution in [3.63, 3.8) is 0 Å². The second-order valence-electron chi connectivity index (χ2n) is 4.31. The van der Waals surface area contributed by atoms with E-state index in [1.54, 1.807) is 54.6 Å². The molecule has 5 nitrogen and oxygen atoms in total. The molecular weight excluding hydrogens is 268 g/mol. The Morgan fingerprint density at radius 3 is 2.24 bits per heavy atom. The number of para-hydroxylation sites is 2. The van der Waals surface area contributed by atoms with Crippen LogP contribution < -0.4 is 11.1 Å². The quantitative estimate of drug-likeness (QED) is 0.445. The molecule has 4 N–H and O–H groups in total. The number of carbonyl (C=O) groups is 2. The minimum absolute atomic E-state index is 0.234. The lowest BCUT2D eigenvalue weighted by atomic mass is 10.1. The third-order valence-electron chi connectivity index (χ3n) is 2.79. The summed E-state index contributed by atoms with van der Waals surface area (Å²) < 4.78 is 0. The lowest BCUT2D eigenvalue weighted by Gasteiger charge is -2.09. The highest BCUT2D eigenvalue weighted by Crippen LogP contribution is 2.19. The Bertz CT molecular complexity index is 694. The number of allylic oxidation sites excluding steroid dienone is 1. The van der Waals surface area contributed by atoms with Crippen LogP contribution in [0.4, 0.5) is 11.4 Å². The Morgan fingerprint density at radius 2 is 1.62 bits per heavy atom. The van der Waals surface area contributed by atoms with E-state index in [4.69, 9.17) is 5.73 Å². The van der Waals surface area contributed by atoms with Crippen LogP contribution in [0, 0.1) is 0 Å². The number of nitrogens with one attached hydrogen (secondary N) is 1. The molecule has 0 saturated carbocycles. The lowest BCUT2D eigenvalue weighted by molar-refractivity contribution is -0.132. The molecule has 0 aromatic heterocycles. The van der Waals surface area contributed by atoms with Crippen LogP contribution in [-0.2, 0) is 4.79 Å². The van der Waals surface area contributed by atoms with Crippen molar-refractivity contribution < 1.29 is 14.7 Å². The van der Waals surface area contributed by atoms with Crippen LogP contribution in [0.15, 0.2) is 66.4 Å². The predicted molar refractivity (Wildman–Crippen MR) is 81.0 cm³/mol. The molecular formula is C16H14N2O3. The van der Waals surface area contributed by atoms with Crippen molar-refractivity contribution in [1.29, 1.82) is 0 Å². The first-order valence-corrected chi connectivity index (χ1v) is 6.24. The van der Waals surface area contributed by atoms with Gasteiger partial charge in [0.05, 0.1) is 11.4 Å². The second-order valence-corrected chi connectivity index (χ2v) is 4.31. The zero-order valence-electron chi connectivity index (χ0n) is 11.1. The summed E-state index contributed by atoms with van der Waals surface area (Å²) in [6.07, 6.45) is 1.05. The maximum Gasteiger partial charge on any atom is 0.352 e. The average molecular weight is 282 g/mol. The molecule has 0 aliphatic heterocycles. The maximum atomic E-state index is 12.0. The van der Waals surface area contributed by atoms with E-state index >= 15 is 0 Å². The van der Waals surface area contributed by atoms with Gasteiger partial charge in [0.15, 0.2) is 5.78 Å². The van der Waals surface area contributed by atoms with E-state index < -0.39 is 11.8 Å². The fourth-order valence-electron chi connectivity index (χ4n) is 1.72. The van der Waals surface area contributed by atoms with Crippen molar-refractivity contribution in [3.05, 3.63) is 71.9 Å². The maximum absolute atomic E-state index is 12.0. The number of nitrogen functional groups attached to an aromatic ring is 1. The topological polar surface area (TPSA) is 92.4 Å². The third kappa shape index (κ3) is 3.70. The minimum atomic E-state index is -1.23. The number of hydrogen-bond acceptors (Lipinski definition) is 4. The van der Waals surface area contributed by atoms with Gasteiger partial charge in [-0.15, -0.1) is 0 Å². The second kappa shape index (κ2) is 6.38. The highest BCUT2D eigenvalue weighted by molar-refractivity contribution is 6.09. The normalized spacial score (nSPS) is 11.0. The molecule has 0 unspecified atom stereocenters. The number of carboxylic acid groups (broad SMARTS) is 1. The highest BCUT2D eigenvalue weighted by Gasteiger charge is 2.12. The molecule has 0 bridgehead atoms. The molecule has 0 saturated heterocycles. The Balaban J connectivity index is 2.28. The van der Waals surface area contributed by atoms with Crippen LogP contribution in [0.5, 0.6) is 0 Å². The Morgan fingerprint density at radius 1 is 1.00 bits per heavy atom. The molecule has 0 fully saturated rings. The first-order chi connectivity index (χ1) is 10.1. The summed E-state index contributed by atoms with van der Waals surface area (Å²) in [5.74, 6) is -1.63. The van der Waals surface area contributed by atoms with Gasteiger partial charge in [0.2, 0.25) is 0 Å². The molecule has 0 heterocycles. The molecule has 0 amide bonds. The Labute approximate surface area is 121 Å². The standard InChI is InChI=1S/C16H14N2O3/c17-12-8-4-5-9-13(12)18-14(16(20)21)10-15(19)11-6-2-1-3-7-11/h1-10,18H,17H2,(H,20,21)/b14-10-. The van der Waals surface area contributed by atoms with Gasteiger partial charge in [0.1, 0.15) is 5.70 Å². The fraction of sp³-hybridized carbons (Fsp3) is 0. The van der Waals surface area contributed by atoms with Gasteiger partial charge < -0.3 is 16.2 Å². The predicted octanol–water partition coefficient (Wildman–Crippen LogP) is 2.53. The van der Waals surface area contributed by atoms with E-state index in [-0.39, 0.29) is 5.70 Å². The number of carboxylic acids is 1. The minimum Gasteiger partial charge on any atom is -0.477 e. The lowest BCUT2D eigenvalue weighted by Crippen LogP contribution is -2.13. The molecule has 0 spiro atoms. The summed E-state index contributed by atoms with van der Waals surface area (Å²) >= 11 is 0. The molecule has 2 aromatic rings. The van der Waals surface area contributed by atoms with Gasteiger partial charge in [0.25, 0.3) is 0 Å². The van der Waals surface area contributed by atoms with Crippen LogP contribution >= 0.6 is 0 Å². The van der Waals surface area contributed by atoms with Gasteiger partial charge >= 0.3 is 5.97 Å². The molecule has 2 rings (SSSR count). The smallest absolute Gasteiger partial charge is 0.352 e. The van der Waals surface area contributed by atoms with Gasteiger partial charge in [-0.2, -0.15) is 0 Å². The van der Waals surface area contributed by atoms with Gasteiger partial charge in [-0.05, 0) is 12.1 Å². The van der Waals surface area contributed by atoms with Crippen molar-refractivity contribution in [3.8, 4) is 0 Å². The number of aliphatic carboxylic acids is 1. The molecule has 0 atom stereocenters. The number of rotatable bonds is 5. The number of nitrogens with two attached hydrogens (primary N) is 1. The van der Waals surface area contributed by atoms with E-state index in [0.717, 1.165) is 6.08 Å². The van der Waals surface area contributed by atoms with Crippen LogP contribution in [0.3, 0.4) is 0 Å². The van der Waals surface area contributed by atoms with Crippen molar-refractivity contribution in [2.45, 2.75) is 0 Å². The number of hydrogen-bond donors (Lipinski definition) is 3. The van der Waals surface area contributed by atoms with E-state index in [9.17, 15) is 14.7 Å². The molecule has 106 valence electrons. The largest absolute Gasteiger partial charge is 0.477 e. The Kier molecular flexibility index (Phi) is 4.36. The fourth-order valence-corrected chi connectivity index (χ4v) is 1.72. The molecule has 21 heavy (non-hydrogen) atoms. The van der Waals surface area contributed by atoms with Gasteiger partial charge in [-0.25, -0.2) is 4.79 Å². The first-order valence-electron chi connectivity index (χ1n) is 6.24. The summed E-state index contributed by atoms with van der Waals surface area (Å²) in [5.41, 5.74) is 6.76. The number of ketones is 1. The van der Waals surface area contributed by atoms with Crippen molar-refractivity contribution in [1.82, 2.24) is 0 Å². The van der Waals surface area contributed by atoms with Crippen molar-refractivity contribution in [2.24, 2.45) is 0 Å². The van der Waals surface area contributed by atoms with E-state index in [0.29, 0.717) is 16.9 Å². The van der Waals surface area contributed by atoms with Crippen LogP contribution in [0.25, 0.3) is 0 Å². The number of anilines is 2. The molecule has 0 aliphatic carbocycles. The molecule has 2 aromatic carbocycles. The summed E-state index contributed by atoms with van der Waals surface area (Å²) in [6.45, 7) is 0. The molecule has 0 radical (unpaired) electrons. The van der Waals surface area contributed by atoms with E-state index in [1.165, 1.54) is 0 Å². The molecule has 0 aliphatic rings.